The standard InChI is InChI=1S/C15H20ClNO2/c1-11-3-2-8-15(17,9-11)14(18)19-10-12-4-6-13(16)7-5-12/h4-7,11H,2-3,8-10,17H2,1H3. The Hall–Kier alpha value is -1.06. The Bertz CT molecular complexity index is 446. The third-order valence-corrected chi connectivity index (χ3v) is 3.97. The Morgan fingerprint density at radius 3 is 2.79 bits per heavy atom. The molecule has 2 unspecified atom stereocenters. The zero-order valence-electron chi connectivity index (χ0n) is 11.2. The number of benzene rings is 1. The second-order valence-corrected chi connectivity index (χ2v) is 6.00. The molecular formula is C15H20ClNO2. The van der Waals surface area contributed by atoms with Crippen molar-refractivity contribution in [3.8, 4) is 0 Å². The van der Waals surface area contributed by atoms with E-state index in [1.807, 2.05) is 12.1 Å². The van der Waals surface area contributed by atoms with Crippen LogP contribution in [0.4, 0.5) is 0 Å². The quantitative estimate of drug-likeness (QED) is 0.865. The van der Waals surface area contributed by atoms with Crippen LogP contribution >= 0.6 is 11.6 Å². The summed E-state index contributed by atoms with van der Waals surface area (Å²) < 4.78 is 5.35. The first-order valence-corrected chi connectivity index (χ1v) is 7.08. The lowest BCUT2D eigenvalue weighted by molar-refractivity contribution is -0.153. The van der Waals surface area contributed by atoms with Gasteiger partial charge in [-0.2, -0.15) is 0 Å². The molecule has 0 aliphatic heterocycles. The molecule has 2 rings (SSSR count). The lowest BCUT2D eigenvalue weighted by atomic mass is 9.77. The Morgan fingerprint density at radius 2 is 2.16 bits per heavy atom. The predicted octanol–water partition coefficient (Wildman–Crippen LogP) is 3.29. The van der Waals surface area contributed by atoms with E-state index in [0.717, 1.165) is 24.8 Å². The molecule has 2 N–H and O–H groups in total. The summed E-state index contributed by atoms with van der Waals surface area (Å²) in [6, 6.07) is 7.27. The Balaban J connectivity index is 1.91. The lowest BCUT2D eigenvalue weighted by Gasteiger charge is -2.34. The van der Waals surface area contributed by atoms with Crippen LogP contribution in [0.2, 0.25) is 5.02 Å². The molecule has 1 aromatic rings. The lowest BCUT2D eigenvalue weighted by Crippen LogP contribution is -2.51. The highest BCUT2D eigenvalue weighted by Gasteiger charge is 2.39. The van der Waals surface area contributed by atoms with Crippen molar-refractivity contribution in [2.75, 3.05) is 0 Å². The van der Waals surface area contributed by atoms with Gasteiger partial charge in [-0.1, -0.05) is 43.5 Å². The average molecular weight is 282 g/mol. The molecule has 0 amide bonds. The van der Waals surface area contributed by atoms with Crippen molar-refractivity contribution in [2.45, 2.75) is 44.8 Å². The number of carbonyl (C=O) groups excluding carboxylic acids is 1. The number of hydrogen-bond acceptors (Lipinski definition) is 3. The molecule has 1 aliphatic rings. The van der Waals surface area contributed by atoms with Gasteiger partial charge in [-0.05, 0) is 36.5 Å². The highest BCUT2D eigenvalue weighted by molar-refractivity contribution is 6.30. The zero-order chi connectivity index (χ0) is 13.9. The number of carbonyl (C=O) groups is 1. The van der Waals surface area contributed by atoms with E-state index in [-0.39, 0.29) is 12.6 Å². The number of esters is 1. The number of halogens is 1. The Labute approximate surface area is 119 Å². The molecule has 4 heteroatoms. The third-order valence-electron chi connectivity index (χ3n) is 3.72. The van der Waals surface area contributed by atoms with Crippen LogP contribution in [-0.4, -0.2) is 11.5 Å². The van der Waals surface area contributed by atoms with E-state index in [4.69, 9.17) is 22.1 Å². The summed E-state index contributed by atoms with van der Waals surface area (Å²) in [5.74, 6) is 0.204. The molecule has 1 aromatic carbocycles. The van der Waals surface area contributed by atoms with Crippen LogP contribution in [0.25, 0.3) is 0 Å². The molecule has 0 heterocycles. The number of rotatable bonds is 3. The molecular weight excluding hydrogens is 262 g/mol. The summed E-state index contributed by atoms with van der Waals surface area (Å²) in [6.07, 6.45) is 3.57. The van der Waals surface area contributed by atoms with Crippen molar-refractivity contribution in [1.82, 2.24) is 0 Å². The smallest absolute Gasteiger partial charge is 0.326 e. The normalized spacial score (nSPS) is 27.0. The summed E-state index contributed by atoms with van der Waals surface area (Å²) >= 11 is 5.81. The molecule has 1 fully saturated rings. The van der Waals surface area contributed by atoms with Gasteiger partial charge >= 0.3 is 5.97 Å². The van der Waals surface area contributed by atoms with Crippen molar-refractivity contribution in [1.29, 1.82) is 0 Å². The Kier molecular flexibility index (Phi) is 4.48. The summed E-state index contributed by atoms with van der Waals surface area (Å²) in [5, 5.41) is 0.673. The topological polar surface area (TPSA) is 52.3 Å². The van der Waals surface area contributed by atoms with Crippen LogP contribution in [0.1, 0.15) is 38.2 Å². The van der Waals surface area contributed by atoms with Gasteiger partial charge in [-0.3, -0.25) is 4.79 Å². The molecule has 0 bridgehead atoms. The average Bonchev–Trinajstić information content (AvgIpc) is 2.37. The highest BCUT2D eigenvalue weighted by atomic mass is 35.5. The second-order valence-electron chi connectivity index (χ2n) is 5.56. The number of ether oxygens (including phenoxy) is 1. The third kappa shape index (κ3) is 3.71. The molecule has 0 radical (unpaired) electrons. The molecule has 0 aromatic heterocycles. The largest absolute Gasteiger partial charge is 0.459 e. The number of nitrogens with two attached hydrogens (primary N) is 1. The van der Waals surface area contributed by atoms with Gasteiger partial charge in [0.2, 0.25) is 0 Å². The van der Waals surface area contributed by atoms with Crippen LogP contribution in [0.3, 0.4) is 0 Å². The molecule has 0 spiro atoms. The summed E-state index contributed by atoms with van der Waals surface area (Å²) in [5.41, 5.74) is 6.31. The van der Waals surface area contributed by atoms with Gasteiger partial charge in [-0.25, -0.2) is 0 Å². The van der Waals surface area contributed by atoms with E-state index < -0.39 is 5.54 Å². The fourth-order valence-electron chi connectivity index (χ4n) is 2.65. The summed E-state index contributed by atoms with van der Waals surface area (Å²) in [4.78, 5) is 12.1. The fraction of sp³-hybridized carbons (Fsp3) is 0.533. The maximum atomic E-state index is 12.1. The van der Waals surface area contributed by atoms with E-state index >= 15 is 0 Å². The number of hydrogen-bond donors (Lipinski definition) is 1. The molecule has 0 saturated heterocycles. The fourth-order valence-corrected chi connectivity index (χ4v) is 2.78. The minimum Gasteiger partial charge on any atom is -0.459 e. The second kappa shape index (κ2) is 5.93. The van der Waals surface area contributed by atoms with Gasteiger partial charge < -0.3 is 10.5 Å². The van der Waals surface area contributed by atoms with Crippen LogP contribution < -0.4 is 5.73 Å². The van der Waals surface area contributed by atoms with Crippen LogP contribution in [-0.2, 0) is 16.1 Å². The first-order valence-electron chi connectivity index (χ1n) is 6.70. The van der Waals surface area contributed by atoms with Gasteiger partial charge in [0, 0.05) is 5.02 Å². The predicted molar refractivity (Wildman–Crippen MR) is 75.8 cm³/mol. The molecule has 2 atom stereocenters. The van der Waals surface area contributed by atoms with Crippen molar-refractivity contribution >= 4 is 17.6 Å². The minimum atomic E-state index is -0.801. The van der Waals surface area contributed by atoms with E-state index in [0.29, 0.717) is 17.4 Å². The molecule has 1 saturated carbocycles. The molecule has 3 nitrogen and oxygen atoms in total. The van der Waals surface area contributed by atoms with E-state index in [9.17, 15) is 4.79 Å². The van der Waals surface area contributed by atoms with Crippen molar-refractivity contribution in [2.24, 2.45) is 11.7 Å². The van der Waals surface area contributed by atoms with Gasteiger partial charge in [0.25, 0.3) is 0 Å². The Morgan fingerprint density at radius 1 is 1.47 bits per heavy atom. The van der Waals surface area contributed by atoms with Gasteiger partial charge in [0.1, 0.15) is 12.1 Å². The molecule has 19 heavy (non-hydrogen) atoms. The summed E-state index contributed by atoms with van der Waals surface area (Å²) in [6.45, 7) is 2.39. The minimum absolute atomic E-state index is 0.253. The van der Waals surface area contributed by atoms with E-state index in [1.54, 1.807) is 12.1 Å². The SMILES string of the molecule is CC1CCCC(N)(C(=O)OCc2ccc(Cl)cc2)C1. The van der Waals surface area contributed by atoms with Crippen LogP contribution in [0.5, 0.6) is 0 Å². The first-order chi connectivity index (χ1) is 8.99. The van der Waals surface area contributed by atoms with Gasteiger partial charge in [-0.15, -0.1) is 0 Å². The maximum absolute atomic E-state index is 12.1. The monoisotopic (exact) mass is 281 g/mol. The van der Waals surface area contributed by atoms with Gasteiger partial charge in [0.05, 0.1) is 0 Å². The maximum Gasteiger partial charge on any atom is 0.326 e. The summed E-state index contributed by atoms with van der Waals surface area (Å²) in [7, 11) is 0. The van der Waals surface area contributed by atoms with Crippen molar-refractivity contribution in [3.05, 3.63) is 34.9 Å². The molecule has 104 valence electrons. The van der Waals surface area contributed by atoms with Crippen molar-refractivity contribution < 1.29 is 9.53 Å². The van der Waals surface area contributed by atoms with Gasteiger partial charge in [0.15, 0.2) is 0 Å². The first kappa shape index (κ1) is 14.4. The highest BCUT2D eigenvalue weighted by Crippen LogP contribution is 2.31. The van der Waals surface area contributed by atoms with Crippen molar-refractivity contribution in [3.63, 3.8) is 0 Å². The zero-order valence-corrected chi connectivity index (χ0v) is 12.0. The molecule has 1 aliphatic carbocycles. The van der Waals surface area contributed by atoms with Crippen LogP contribution in [0, 0.1) is 5.92 Å². The van der Waals surface area contributed by atoms with E-state index in [2.05, 4.69) is 6.92 Å². The van der Waals surface area contributed by atoms with E-state index in [1.165, 1.54) is 0 Å². The van der Waals surface area contributed by atoms with Crippen LogP contribution in [0.15, 0.2) is 24.3 Å².